The van der Waals surface area contributed by atoms with Crippen LogP contribution in [-0.2, 0) is 4.79 Å². The molecule has 1 aliphatic heterocycles. The molecular weight excluding hydrogens is 232 g/mol. The van der Waals surface area contributed by atoms with Gasteiger partial charge in [-0.2, -0.15) is 0 Å². The van der Waals surface area contributed by atoms with Crippen molar-refractivity contribution in [1.29, 1.82) is 0 Å². The Morgan fingerprint density at radius 2 is 2.17 bits per heavy atom. The molecule has 0 saturated carbocycles. The lowest BCUT2D eigenvalue weighted by atomic mass is 10.1. The lowest BCUT2D eigenvalue weighted by molar-refractivity contribution is -0.124. The molecule has 1 aliphatic rings. The highest BCUT2D eigenvalue weighted by Gasteiger charge is 2.29. The molecule has 2 rings (SSSR count). The van der Waals surface area contributed by atoms with Crippen molar-refractivity contribution in [2.75, 3.05) is 13.2 Å². The summed E-state index contributed by atoms with van der Waals surface area (Å²) in [5.74, 6) is -0.186. The second kappa shape index (κ2) is 5.95. The number of β-amino-alcohol motifs (C(OH)–C–C–N with tert-alkyl or cyclic N) is 1. The predicted octanol–water partition coefficient (Wildman–Crippen LogP) is -0.441. The molecule has 5 heteroatoms. The van der Waals surface area contributed by atoms with Gasteiger partial charge in [0.1, 0.15) is 0 Å². The summed E-state index contributed by atoms with van der Waals surface area (Å²) in [5, 5.41) is 24.4. The minimum absolute atomic E-state index is 0.148. The molecule has 0 spiro atoms. The first-order chi connectivity index (χ1) is 8.70. The van der Waals surface area contributed by atoms with E-state index >= 15 is 0 Å². The van der Waals surface area contributed by atoms with Crippen molar-refractivity contribution in [3.63, 3.8) is 0 Å². The molecule has 18 heavy (non-hydrogen) atoms. The maximum atomic E-state index is 11.9. The fourth-order valence-corrected chi connectivity index (χ4v) is 2.11. The van der Waals surface area contributed by atoms with Gasteiger partial charge in [0.25, 0.3) is 0 Å². The van der Waals surface area contributed by atoms with Crippen molar-refractivity contribution >= 4 is 5.91 Å². The SMILES string of the molecule is O=C(NC(CO)c1ccccc1)C1CC(O)CN1. The number of hydrogen-bond donors (Lipinski definition) is 4. The Bertz CT molecular complexity index is 396. The zero-order valence-electron chi connectivity index (χ0n) is 10.0. The first kappa shape index (κ1) is 13.0. The molecule has 1 heterocycles. The topological polar surface area (TPSA) is 81.6 Å². The van der Waals surface area contributed by atoms with Crippen LogP contribution in [0.15, 0.2) is 30.3 Å². The van der Waals surface area contributed by atoms with Crippen molar-refractivity contribution in [2.24, 2.45) is 0 Å². The van der Waals surface area contributed by atoms with Gasteiger partial charge in [-0.1, -0.05) is 30.3 Å². The van der Waals surface area contributed by atoms with Gasteiger partial charge in [0, 0.05) is 6.54 Å². The van der Waals surface area contributed by atoms with Crippen molar-refractivity contribution in [3.05, 3.63) is 35.9 Å². The first-order valence-electron chi connectivity index (χ1n) is 6.08. The average Bonchev–Trinajstić information content (AvgIpc) is 2.83. The van der Waals surface area contributed by atoms with Gasteiger partial charge >= 0.3 is 0 Å². The fraction of sp³-hybridized carbons (Fsp3) is 0.462. The van der Waals surface area contributed by atoms with E-state index in [-0.39, 0.29) is 18.6 Å². The highest BCUT2D eigenvalue weighted by molar-refractivity contribution is 5.82. The van der Waals surface area contributed by atoms with Crippen LogP contribution in [0, 0.1) is 0 Å². The Morgan fingerprint density at radius 3 is 2.72 bits per heavy atom. The monoisotopic (exact) mass is 250 g/mol. The van der Waals surface area contributed by atoms with Gasteiger partial charge in [-0.25, -0.2) is 0 Å². The van der Waals surface area contributed by atoms with Crippen molar-refractivity contribution in [1.82, 2.24) is 10.6 Å². The van der Waals surface area contributed by atoms with Crippen LogP contribution in [0.5, 0.6) is 0 Å². The summed E-state index contributed by atoms with van der Waals surface area (Å²) in [5.41, 5.74) is 0.867. The molecule has 0 radical (unpaired) electrons. The van der Waals surface area contributed by atoms with Crippen molar-refractivity contribution < 1.29 is 15.0 Å². The Kier molecular flexibility index (Phi) is 4.30. The van der Waals surface area contributed by atoms with Gasteiger partial charge in [0.05, 0.1) is 24.8 Å². The van der Waals surface area contributed by atoms with E-state index in [0.717, 1.165) is 5.56 Å². The van der Waals surface area contributed by atoms with Crippen LogP contribution in [0.25, 0.3) is 0 Å². The molecule has 98 valence electrons. The minimum Gasteiger partial charge on any atom is -0.394 e. The zero-order chi connectivity index (χ0) is 13.0. The van der Waals surface area contributed by atoms with Gasteiger partial charge in [0.15, 0.2) is 0 Å². The fourth-order valence-electron chi connectivity index (χ4n) is 2.11. The Balaban J connectivity index is 1.96. The molecule has 1 aromatic carbocycles. The normalized spacial score (nSPS) is 24.8. The van der Waals surface area contributed by atoms with E-state index in [1.807, 2.05) is 30.3 Å². The summed E-state index contributed by atoms with van der Waals surface area (Å²) in [4.78, 5) is 11.9. The van der Waals surface area contributed by atoms with Crippen molar-refractivity contribution in [2.45, 2.75) is 24.6 Å². The van der Waals surface area contributed by atoms with Gasteiger partial charge < -0.3 is 20.8 Å². The van der Waals surface area contributed by atoms with Crippen LogP contribution in [0.1, 0.15) is 18.0 Å². The molecule has 0 aliphatic carbocycles. The molecule has 1 saturated heterocycles. The number of rotatable bonds is 4. The zero-order valence-corrected chi connectivity index (χ0v) is 10.0. The third-order valence-electron chi connectivity index (χ3n) is 3.13. The minimum atomic E-state index is -0.468. The third-order valence-corrected chi connectivity index (χ3v) is 3.13. The molecule has 1 amide bonds. The number of nitrogens with one attached hydrogen (secondary N) is 2. The van der Waals surface area contributed by atoms with Crippen LogP contribution >= 0.6 is 0 Å². The van der Waals surface area contributed by atoms with E-state index in [1.165, 1.54) is 0 Å². The first-order valence-corrected chi connectivity index (χ1v) is 6.08. The van der Waals surface area contributed by atoms with E-state index in [4.69, 9.17) is 0 Å². The van der Waals surface area contributed by atoms with Crippen LogP contribution < -0.4 is 10.6 Å². The van der Waals surface area contributed by atoms with Gasteiger partial charge in [-0.3, -0.25) is 4.79 Å². The maximum Gasteiger partial charge on any atom is 0.237 e. The molecule has 0 bridgehead atoms. The molecular formula is C13H18N2O3. The second-order valence-electron chi connectivity index (χ2n) is 4.50. The highest BCUT2D eigenvalue weighted by Crippen LogP contribution is 2.13. The van der Waals surface area contributed by atoms with Crippen LogP contribution in [0.2, 0.25) is 0 Å². The molecule has 5 nitrogen and oxygen atoms in total. The van der Waals surface area contributed by atoms with Crippen LogP contribution in [0.3, 0.4) is 0 Å². The number of aliphatic hydroxyl groups is 2. The predicted molar refractivity (Wildman–Crippen MR) is 66.8 cm³/mol. The van der Waals surface area contributed by atoms with E-state index in [9.17, 15) is 15.0 Å². The third kappa shape index (κ3) is 3.07. The number of carbonyl (C=O) groups is 1. The lowest BCUT2D eigenvalue weighted by Crippen LogP contribution is -2.42. The summed E-state index contributed by atoms with van der Waals surface area (Å²) >= 11 is 0. The largest absolute Gasteiger partial charge is 0.394 e. The molecule has 4 N–H and O–H groups in total. The van der Waals surface area contributed by atoms with E-state index < -0.39 is 12.1 Å². The second-order valence-corrected chi connectivity index (χ2v) is 4.50. The number of amides is 1. The number of hydrogen-bond acceptors (Lipinski definition) is 4. The smallest absolute Gasteiger partial charge is 0.237 e. The summed E-state index contributed by atoms with van der Waals surface area (Å²) in [6.07, 6.45) is -0.0521. The van der Waals surface area contributed by atoms with Crippen LogP contribution in [-0.4, -0.2) is 41.4 Å². The maximum absolute atomic E-state index is 11.9. The molecule has 0 aromatic heterocycles. The van der Waals surface area contributed by atoms with Gasteiger partial charge in [0.2, 0.25) is 5.91 Å². The summed E-state index contributed by atoms with van der Waals surface area (Å²) < 4.78 is 0. The number of benzene rings is 1. The standard InChI is InChI=1S/C13H18N2O3/c16-8-12(9-4-2-1-3-5-9)15-13(18)11-6-10(17)7-14-11/h1-5,10-12,14,16-17H,6-8H2,(H,15,18). The molecule has 3 unspecified atom stereocenters. The van der Waals surface area contributed by atoms with Crippen molar-refractivity contribution in [3.8, 4) is 0 Å². The Hall–Kier alpha value is -1.43. The summed E-state index contributed by atoms with van der Waals surface area (Å²) in [6.45, 7) is 0.290. The summed E-state index contributed by atoms with van der Waals surface area (Å²) in [6, 6.07) is 8.55. The van der Waals surface area contributed by atoms with E-state index in [2.05, 4.69) is 10.6 Å². The Morgan fingerprint density at radius 1 is 1.44 bits per heavy atom. The van der Waals surface area contributed by atoms with Gasteiger partial charge in [-0.05, 0) is 12.0 Å². The quantitative estimate of drug-likeness (QED) is 0.584. The highest BCUT2D eigenvalue weighted by atomic mass is 16.3. The van der Waals surface area contributed by atoms with Crippen LogP contribution in [0.4, 0.5) is 0 Å². The van der Waals surface area contributed by atoms with E-state index in [1.54, 1.807) is 0 Å². The van der Waals surface area contributed by atoms with E-state index in [0.29, 0.717) is 13.0 Å². The average molecular weight is 250 g/mol. The van der Waals surface area contributed by atoms with Gasteiger partial charge in [-0.15, -0.1) is 0 Å². The molecule has 1 aromatic rings. The molecule has 3 atom stereocenters. The molecule has 1 fully saturated rings. The lowest BCUT2D eigenvalue weighted by Gasteiger charge is -2.19. The Labute approximate surface area is 106 Å². The summed E-state index contributed by atoms with van der Waals surface area (Å²) in [7, 11) is 0. The number of carbonyl (C=O) groups excluding carboxylic acids is 1. The number of aliphatic hydroxyl groups excluding tert-OH is 2.